The number of nitrogens with zero attached hydrogens (tertiary/aromatic N) is 2. The number of hydrogen-bond donors (Lipinski definition) is 2. The van der Waals surface area contributed by atoms with Crippen molar-refractivity contribution in [2.45, 2.75) is 6.42 Å². The largest absolute Gasteiger partial charge is 0.504 e. The van der Waals surface area contributed by atoms with Crippen molar-refractivity contribution in [1.82, 2.24) is 9.97 Å². The van der Waals surface area contributed by atoms with Gasteiger partial charge in [-0.2, -0.15) is 0 Å². The third-order valence-electron chi connectivity index (χ3n) is 3.31. The summed E-state index contributed by atoms with van der Waals surface area (Å²) in [5, 5.41) is 10.6. The molecule has 3 aromatic rings. The number of aromatic nitrogens is 2. The van der Waals surface area contributed by atoms with E-state index in [2.05, 4.69) is 9.97 Å². The highest BCUT2D eigenvalue weighted by atomic mass is 19.1. The van der Waals surface area contributed by atoms with Crippen LogP contribution in [0.15, 0.2) is 42.7 Å². The highest BCUT2D eigenvalue weighted by molar-refractivity contribution is 5.99. The van der Waals surface area contributed by atoms with E-state index < -0.39 is 5.91 Å². The van der Waals surface area contributed by atoms with Gasteiger partial charge >= 0.3 is 0 Å². The minimum atomic E-state index is -0.809. The fourth-order valence-electron chi connectivity index (χ4n) is 2.25. The third kappa shape index (κ3) is 2.58. The predicted octanol–water partition coefficient (Wildman–Crippen LogP) is 2.16. The fraction of sp³-hybridized carbons (Fsp3) is 0.0625. The van der Waals surface area contributed by atoms with E-state index in [0.717, 1.165) is 11.1 Å². The summed E-state index contributed by atoms with van der Waals surface area (Å²) in [5.41, 5.74) is 7.02. The molecule has 0 aliphatic rings. The van der Waals surface area contributed by atoms with E-state index in [1.165, 1.54) is 18.3 Å². The average Bonchev–Trinajstić information content (AvgIpc) is 2.49. The number of aromatic hydroxyl groups is 1. The van der Waals surface area contributed by atoms with Crippen LogP contribution in [0.4, 0.5) is 4.39 Å². The number of amides is 1. The van der Waals surface area contributed by atoms with Gasteiger partial charge in [-0.05, 0) is 35.7 Å². The zero-order valence-corrected chi connectivity index (χ0v) is 11.5. The molecule has 6 heteroatoms. The lowest BCUT2D eigenvalue weighted by Gasteiger charge is -2.06. The monoisotopic (exact) mass is 297 g/mol. The lowest BCUT2D eigenvalue weighted by Crippen LogP contribution is -2.13. The maximum absolute atomic E-state index is 12.9. The number of fused-ring (bicyclic) bond motifs is 1. The lowest BCUT2D eigenvalue weighted by atomic mass is 10.0. The van der Waals surface area contributed by atoms with Gasteiger partial charge in [0.1, 0.15) is 11.3 Å². The van der Waals surface area contributed by atoms with Crippen LogP contribution in [-0.2, 0) is 6.42 Å². The Hall–Kier alpha value is -3.02. The van der Waals surface area contributed by atoms with Gasteiger partial charge in [0.25, 0.3) is 5.91 Å². The van der Waals surface area contributed by atoms with E-state index in [4.69, 9.17) is 5.73 Å². The van der Waals surface area contributed by atoms with E-state index in [1.54, 1.807) is 18.3 Å². The van der Waals surface area contributed by atoms with Gasteiger partial charge < -0.3 is 10.8 Å². The van der Waals surface area contributed by atoms with Crippen LogP contribution in [0.5, 0.6) is 5.75 Å². The zero-order chi connectivity index (χ0) is 15.7. The smallest absolute Gasteiger partial charge is 0.271 e. The first kappa shape index (κ1) is 13.9. The Kier molecular flexibility index (Phi) is 3.42. The SMILES string of the molecule is NC(=O)c1ncc2cc(Cc3ccc(F)cc3)cnc2c1O. The van der Waals surface area contributed by atoms with Crippen LogP contribution in [0.2, 0.25) is 0 Å². The van der Waals surface area contributed by atoms with Crippen LogP contribution in [0.3, 0.4) is 0 Å². The van der Waals surface area contributed by atoms with Crippen molar-refractivity contribution in [2.24, 2.45) is 5.73 Å². The van der Waals surface area contributed by atoms with Gasteiger partial charge in [-0.15, -0.1) is 0 Å². The molecule has 3 rings (SSSR count). The first-order chi connectivity index (χ1) is 10.5. The normalized spacial score (nSPS) is 10.8. The van der Waals surface area contributed by atoms with Gasteiger partial charge in [-0.1, -0.05) is 12.1 Å². The summed E-state index contributed by atoms with van der Waals surface area (Å²) in [5.74, 6) is -1.41. The molecule has 0 aliphatic carbocycles. The number of carbonyl (C=O) groups is 1. The van der Waals surface area contributed by atoms with E-state index in [1.807, 2.05) is 6.07 Å². The van der Waals surface area contributed by atoms with E-state index in [0.29, 0.717) is 11.8 Å². The molecule has 2 aromatic heterocycles. The van der Waals surface area contributed by atoms with Crippen LogP contribution in [0.25, 0.3) is 10.9 Å². The zero-order valence-electron chi connectivity index (χ0n) is 11.5. The van der Waals surface area contributed by atoms with E-state index >= 15 is 0 Å². The van der Waals surface area contributed by atoms with E-state index in [-0.39, 0.29) is 22.8 Å². The molecule has 1 aromatic carbocycles. The molecular weight excluding hydrogens is 285 g/mol. The predicted molar refractivity (Wildman–Crippen MR) is 78.9 cm³/mol. The number of benzene rings is 1. The van der Waals surface area contributed by atoms with Crippen LogP contribution >= 0.6 is 0 Å². The minimum absolute atomic E-state index is 0.203. The topological polar surface area (TPSA) is 89.1 Å². The molecule has 0 spiro atoms. The molecule has 0 saturated carbocycles. The molecule has 1 amide bonds. The Labute approximate surface area is 125 Å². The number of carbonyl (C=O) groups excluding carboxylic acids is 1. The number of halogens is 1. The molecule has 0 fully saturated rings. The van der Waals surface area contributed by atoms with Crippen LogP contribution in [0, 0.1) is 5.82 Å². The summed E-state index contributed by atoms with van der Waals surface area (Å²) in [6.45, 7) is 0. The number of nitrogens with two attached hydrogens (primary N) is 1. The Morgan fingerprint density at radius 3 is 2.55 bits per heavy atom. The van der Waals surface area contributed by atoms with Crippen molar-refractivity contribution < 1.29 is 14.3 Å². The standard InChI is InChI=1S/C16H12FN3O2/c17-12-3-1-9(2-4-12)5-10-6-11-8-20-14(16(18)22)15(21)13(11)19-7-10/h1-4,6-8,21H,5H2,(H2,18,22). The highest BCUT2D eigenvalue weighted by Crippen LogP contribution is 2.25. The van der Waals surface area contributed by atoms with Gasteiger partial charge in [-0.25, -0.2) is 9.37 Å². The van der Waals surface area contributed by atoms with E-state index in [9.17, 15) is 14.3 Å². The summed E-state index contributed by atoms with van der Waals surface area (Å²) >= 11 is 0. The molecule has 0 radical (unpaired) electrons. The quantitative estimate of drug-likeness (QED) is 0.775. The molecule has 0 atom stereocenters. The molecule has 0 unspecified atom stereocenters. The molecule has 2 heterocycles. The van der Waals surface area contributed by atoms with Crippen molar-refractivity contribution in [3.05, 3.63) is 65.4 Å². The van der Waals surface area contributed by atoms with Crippen molar-refractivity contribution in [3.8, 4) is 5.75 Å². The number of pyridine rings is 2. The molecule has 0 aliphatic heterocycles. The second kappa shape index (κ2) is 5.40. The van der Waals surface area contributed by atoms with Gasteiger partial charge in [0.2, 0.25) is 0 Å². The molecular formula is C16H12FN3O2. The summed E-state index contributed by atoms with van der Waals surface area (Å²) in [7, 11) is 0. The Morgan fingerprint density at radius 1 is 1.14 bits per heavy atom. The number of hydrogen-bond acceptors (Lipinski definition) is 4. The molecule has 5 nitrogen and oxygen atoms in total. The maximum Gasteiger partial charge on any atom is 0.271 e. The highest BCUT2D eigenvalue weighted by Gasteiger charge is 2.14. The van der Waals surface area contributed by atoms with Crippen molar-refractivity contribution in [3.63, 3.8) is 0 Å². The summed E-state index contributed by atoms with van der Waals surface area (Å²) < 4.78 is 12.9. The average molecular weight is 297 g/mol. The summed E-state index contributed by atoms with van der Waals surface area (Å²) in [4.78, 5) is 19.2. The molecule has 0 bridgehead atoms. The molecule has 3 N–H and O–H groups in total. The van der Waals surface area contributed by atoms with Crippen LogP contribution < -0.4 is 5.73 Å². The van der Waals surface area contributed by atoms with Crippen LogP contribution in [-0.4, -0.2) is 21.0 Å². The van der Waals surface area contributed by atoms with Crippen molar-refractivity contribution in [1.29, 1.82) is 0 Å². The summed E-state index contributed by atoms with van der Waals surface area (Å²) in [6.07, 6.45) is 3.61. The maximum atomic E-state index is 12.9. The lowest BCUT2D eigenvalue weighted by molar-refractivity contribution is 0.0993. The number of rotatable bonds is 3. The number of primary amides is 1. The molecule has 0 saturated heterocycles. The van der Waals surface area contributed by atoms with Crippen molar-refractivity contribution in [2.75, 3.05) is 0 Å². The van der Waals surface area contributed by atoms with Gasteiger partial charge in [0.05, 0.1) is 0 Å². The Balaban J connectivity index is 1.98. The Morgan fingerprint density at radius 2 is 1.86 bits per heavy atom. The van der Waals surface area contributed by atoms with Crippen molar-refractivity contribution >= 4 is 16.8 Å². The second-order valence-corrected chi connectivity index (χ2v) is 4.90. The molecule has 110 valence electrons. The first-order valence-corrected chi connectivity index (χ1v) is 6.55. The third-order valence-corrected chi connectivity index (χ3v) is 3.31. The molecule has 22 heavy (non-hydrogen) atoms. The second-order valence-electron chi connectivity index (χ2n) is 4.90. The summed E-state index contributed by atoms with van der Waals surface area (Å²) in [6, 6.07) is 8.01. The Bertz CT molecular complexity index is 863. The van der Waals surface area contributed by atoms with Gasteiger partial charge in [0, 0.05) is 17.8 Å². The minimum Gasteiger partial charge on any atom is -0.504 e. The van der Waals surface area contributed by atoms with Gasteiger partial charge in [-0.3, -0.25) is 9.78 Å². The van der Waals surface area contributed by atoms with Crippen LogP contribution in [0.1, 0.15) is 21.6 Å². The fourth-order valence-corrected chi connectivity index (χ4v) is 2.25. The first-order valence-electron chi connectivity index (χ1n) is 6.55. The van der Waals surface area contributed by atoms with Gasteiger partial charge in [0.15, 0.2) is 11.4 Å².